The second-order valence-electron chi connectivity index (χ2n) is 2.95. The molecule has 0 aromatic carbocycles. The Morgan fingerprint density at radius 3 is 1.50 bits per heavy atom. The van der Waals surface area contributed by atoms with Gasteiger partial charge in [0.1, 0.15) is 0 Å². The van der Waals surface area contributed by atoms with Gasteiger partial charge in [-0.15, -0.1) is 0 Å². The highest BCUT2D eigenvalue weighted by Gasteiger charge is 1.89. The summed E-state index contributed by atoms with van der Waals surface area (Å²) in [5.74, 6) is 9.73. The van der Waals surface area contributed by atoms with Crippen LogP contribution >= 0.6 is 0 Å². The van der Waals surface area contributed by atoms with Gasteiger partial charge < -0.3 is 20.3 Å². The lowest BCUT2D eigenvalue weighted by molar-refractivity contribution is 0.139. The standard InChI is InChI=1S/C8H22N4O2/c9-13-7-5-11-3-1-2-4-12-6-8-14-10/h11-12H,1-10H2. The summed E-state index contributed by atoms with van der Waals surface area (Å²) in [6.45, 7) is 4.74. The van der Waals surface area contributed by atoms with Crippen molar-refractivity contribution in [3.8, 4) is 0 Å². The molecule has 0 radical (unpaired) electrons. The minimum absolute atomic E-state index is 0.562. The topological polar surface area (TPSA) is 94.6 Å². The van der Waals surface area contributed by atoms with Gasteiger partial charge in [0.05, 0.1) is 13.2 Å². The summed E-state index contributed by atoms with van der Waals surface area (Å²) in [5, 5.41) is 6.42. The molecule has 86 valence electrons. The zero-order valence-corrected chi connectivity index (χ0v) is 8.63. The summed E-state index contributed by atoms with van der Waals surface area (Å²) < 4.78 is 0. The van der Waals surface area contributed by atoms with Gasteiger partial charge in [-0.05, 0) is 25.9 Å². The normalized spacial score (nSPS) is 10.7. The van der Waals surface area contributed by atoms with Crippen LogP contribution in [0.25, 0.3) is 0 Å². The predicted octanol–water partition coefficient (Wildman–Crippen LogP) is -1.27. The highest BCUT2D eigenvalue weighted by atomic mass is 16.6. The van der Waals surface area contributed by atoms with Crippen molar-refractivity contribution in [3.05, 3.63) is 0 Å². The Morgan fingerprint density at radius 2 is 1.14 bits per heavy atom. The Balaban J connectivity index is 2.78. The number of hydrogen-bond donors (Lipinski definition) is 4. The van der Waals surface area contributed by atoms with E-state index in [2.05, 4.69) is 20.3 Å². The van der Waals surface area contributed by atoms with Crippen molar-refractivity contribution in [3.63, 3.8) is 0 Å². The van der Waals surface area contributed by atoms with E-state index in [-0.39, 0.29) is 0 Å². The highest BCUT2D eigenvalue weighted by molar-refractivity contribution is 4.50. The van der Waals surface area contributed by atoms with E-state index >= 15 is 0 Å². The van der Waals surface area contributed by atoms with Crippen LogP contribution in [0, 0.1) is 0 Å². The van der Waals surface area contributed by atoms with Gasteiger partial charge in [-0.25, -0.2) is 11.8 Å². The zero-order valence-electron chi connectivity index (χ0n) is 8.63. The van der Waals surface area contributed by atoms with Crippen LogP contribution in [0.1, 0.15) is 12.8 Å². The van der Waals surface area contributed by atoms with Crippen LogP contribution in [0.5, 0.6) is 0 Å². The first kappa shape index (κ1) is 13.8. The Bertz CT molecular complexity index is 93.3. The summed E-state index contributed by atoms with van der Waals surface area (Å²) in [6.07, 6.45) is 2.28. The van der Waals surface area contributed by atoms with Crippen molar-refractivity contribution in [2.24, 2.45) is 11.8 Å². The molecular formula is C8H22N4O2. The van der Waals surface area contributed by atoms with Crippen molar-refractivity contribution < 1.29 is 9.68 Å². The summed E-state index contributed by atoms with van der Waals surface area (Å²) in [6, 6.07) is 0. The molecule has 14 heavy (non-hydrogen) atoms. The minimum atomic E-state index is 0.562. The molecule has 0 unspecified atom stereocenters. The molecule has 0 heterocycles. The molecule has 0 aliphatic rings. The Morgan fingerprint density at radius 1 is 0.714 bits per heavy atom. The van der Waals surface area contributed by atoms with Crippen molar-refractivity contribution in [2.75, 3.05) is 39.4 Å². The fourth-order valence-corrected chi connectivity index (χ4v) is 1.01. The monoisotopic (exact) mass is 206 g/mol. The number of nitrogens with two attached hydrogens (primary N) is 2. The molecule has 6 heteroatoms. The molecule has 0 amide bonds. The van der Waals surface area contributed by atoms with Crippen LogP contribution in [-0.2, 0) is 9.68 Å². The quantitative estimate of drug-likeness (QED) is 0.249. The smallest absolute Gasteiger partial charge is 0.0803 e. The van der Waals surface area contributed by atoms with Crippen LogP contribution in [0.3, 0.4) is 0 Å². The largest absolute Gasteiger partial charge is 0.314 e. The summed E-state index contributed by atoms with van der Waals surface area (Å²) in [5.41, 5.74) is 0. The number of unbranched alkanes of at least 4 members (excludes halogenated alkanes) is 1. The average Bonchev–Trinajstić information content (AvgIpc) is 2.21. The van der Waals surface area contributed by atoms with Gasteiger partial charge >= 0.3 is 0 Å². The van der Waals surface area contributed by atoms with Crippen molar-refractivity contribution in [1.82, 2.24) is 10.6 Å². The molecule has 6 nitrogen and oxygen atoms in total. The van der Waals surface area contributed by atoms with Crippen molar-refractivity contribution in [1.29, 1.82) is 0 Å². The molecule has 0 saturated carbocycles. The Kier molecular flexibility index (Phi) is 12.5. The van der Waals surface area contributed by atoms with Gasteiger partial charge in [0.25, 0.3) is 0 Å². The van der Waals surface area contributed by atoms with E-state index < -0.39 is 0 Å². The van der Waals surface area contributed by atoms with Crippen LogP contribution in [-0.4, -0.2) is 39.4 Å². The van der Waals surface area contributed by atoms with E-state index in [1.165, 1.54) is 0 Å². The van der Waals surface area contributed by atoms with E-state index in [9.17, 15) is 0 Å². The van der Waals surface area contributed by atoms with E-state index in [0.717, 1.165) is 39.0 Å². The first-order chi connectivity index (χ1) is 6.91. The Labute approximate surface area is 85.2 Å². The zero-order chi connectivity index (χ0) is 10.5. The summed E-state index contributed by atoms with van der Waals surface area (Å²) in [4.78, 5) is 8.83. The van der Waals surface area contributed by atoms with Crippen molar-refractivity contribution in [2.45, 2.75) is 12.8 Å². The van der Waals surface area contributed by atoms with E-state index in [0.29, 0.717) is 13.2 Å². The van der Waals surface area contributed by atoms with Gasteiger partial charge in [0.15, 0.2) is 0 Å². The predicted molar refractivity (Wildman–Crippen MR) is 55.3 cm³/mol. The third-order valence-corrected chi connectivity index (χ3v) is 1.75. The molecular weight excluding hydrogens is 184 g/mol. The molecule has 0 atom stereocenters. The molecule has 0 fully saturated rings. The highest BCUT2D eigenvalue weighted by Crippen LogP contribution is 1.83. The lowest BCUT2D eigenvalue weighted by Gasteiger charge is -2.04. The fraction of sp³-hybridized carbons (Fsp3) is 1.00. The molecule has 0 saturated heterocycles. The molecule has 0 aromatic heterocycles. The SMILES string of the molecule is NOCCNCCCCNCCON. The average molecular weight is 206 g/mol. The maximum absolute atomic E-state index is 4.87. The number of nitrogens with one attached hydrogen (secondary N) is 2. The van der Waals surface area contributed by atoms with Crippen LogP contribution in [0.15, 0.2) is 0 Å². The molecule has 0 spiro atoms. The summed E-state index contributed by atoms with van der Waals surface area (Å²) >= 11 is 0. The lowest BCUT2D eigenvalue weighted by atomic mass is 10.3. The molecule has 0 aliphatic heterocycles. The minimum Gasteiger partial charge on any atom is -0.314 e. The van der Waals surface area contributed by atoms with Gasteiger partial charge in [-0.3, -0.25) is 0 Å². The number of rotatable bonds is 11. The fourth-order valence-electron chi connectivity index (χ4n) is 1.01. The number of hydrogen-bond acceptors (Lipinski definition) is 6. The Hall–Kier alpha value is -0.240. The van der Waals surface area contributed by atoms with Gasteiger partial charge in [0, 0.05) is 13.1 Å². The molecule has 6 N–H and O–H groups in total. The summed E-state index contributed by atoms with van der Waals surface area (Å²) in [7, 11) is 0. The van der Waals surface area contributed by atoms with Gasteiger partial charge in [-0.1, -0.05) is 0 Å². The van der Waals surface area contributed by atoms with E-state index in [1.54, 1.807) is 0 Å². The second kappa shape index (κ2) is 12.8. The molecule has 0 rings (SSSR count). The molecule has 0 aliphatic carbocycles. The van der Waals surface area contributed by atoms with E-state index in [4.69, 9.17) is 11.8 Å². The first-order valence-corrected chi connectivity index (χ1v) is 4.96. The van der Waals surface area contributed by atoms with Crippen LogP contribution in [0.2, 0.25) is 0 Å². The van der Waals surface area contributed by atoms with Crippen molar-refractivity contribution >= 4 is 0 Å². The third-order valence-electron chi connectivity index (χ3n) is 1.75. The third kappa shape index (κ3) is 11.8. The maximum Gasteiger partial charge on any atom is 0.0803 e. The van der Waals surface area contributed by atoms with E-state index in [1.807, 2.05) is 0 Å². The van der Waals surface area contributed by atoms with Crippen LogP contribution < -0.4 is 22.4 Å². The first-order valence-electron chi connectivity index (χ1n) is 4.96. The lowest BCUT2D eigenvalue weighted by Crippen LogP contribution is -2.25. The molecule has 0 aromatic rings. The van der Waals surface area contributed by atoms with Gasteiger partial charge in [0.2, 0.25) is 0 Å². The van der Waals surface area contributed by atoms with Gasteiger partial charge in [-0.2, -0.15) is 0 Å². The second-order valence-corrected chi connectivity index (χ2v) is 2.95. The maximum atomic E-state index is 4.87. The van der Waals surface area contributed by atoms with Crippen LogP contribution in [0.4, 0.5) is 0 Å². The molecule has 0 bridgehead atoms.